The molecule has 0 radical (unpaired) electrons. The van der Waals surface area contributed by atoms with Crippen molar-refractivity contribution in [1.82, 2.24) is 25.1 Å². The average molecular weight is 481 g/mol. The van der Waals surface area contributed by atoms with Crippen molar-refractivity contribution >= 4 is 23.3 Å². The van der Waals surface area contributed by atoms with Gasteiger partial charge in [0.2, 0.25) is 11.9 Å². The number of rotatable bonds is 9. The molecule has 2 heterocycles. The maximum absolute atomic E-state index is 12.1. The highest BCUT2D eigenvalue weighted by Gasteiger charge is 2.11. The van der Waals surface area contributed by atoms with Gasteiger partial charge in [-0.05, 0) is 50.1 Å². The van der Waals surface area contributed by atoms with Crippen molar-refractivity contribution < 1.29 is 9.59 Å². The first kappa shape index (κ1) is 24.5. The van der Waals surface area contributed by atoms with Crippen LogP contribution in [-0.2, 0) is 11.3 Å². The van der Waals surface area contributed by atoms with Gasteiger partial charge in [-0.15, -0.1) is 0 Å². The van der Waals surface area contributed by atoms with E-state index in [9.17, 15) is 9.59 Å². The number of carbonyl (C=O) groups excluding carboxylic acids is 2. The summed E-state index contributed by atoms with van der Waals surface area (Å²) in [4.78, 5) is 33.2. The molecule has 0 aliphatic heterocycles. The number of hydrogen-bond acceptors (Lipinski definition) is 6. The van der Waals surface area contributed by atoms with Crippen molar-refractivity contribution in [3.63, 3.8) is 0 Å². The van der Waals surface area contributed by atoms with E-state index in [0.29, 0.717) is 18.1 Å². The standard InChI is InChI=1S/C28H28N6O2/c1-19(2)34-18-23(17-31-34)27-20(3)15-30-28(33-27)32-24-11-9-21(10-12-24)16-29-26(36)14-13-25(35)22-7-5-4-6-8-22/h4-15,17-19H,16H2,1-3H3,(H,29,36)(H,30,32,33). The number of hydrogen-bond donors (Lipinski definition) is 2. The number of benzene rings is 2. The van der Waals surface area contributed by atoms with E-state index in [0.717, 1.165) is 28.1 Å². The minimum Gasteiger partial charge on any atom is -0.348 e. The van der Waals surface area contributed by atoms with E-state index in [-0.39, 0.29) is 17.7 Å². The minimum absolute atomic E-state index is 0.212. The number of nitrogens with one attached hydrogen (secondary N) is 2. The quantitative estimate of drug-likeness (QED) is 0.257. The van der Waals surface area contributed by atoms with Crippen LogP contribution in [0.5, 0.6) is 0 Å². The molecule has 2 aromatic carbocycles. The molecule has 0 atom stereocenters. The van der Waals surface area contributed by atoms with Gasteiger partial charge in [0.05, 0.1) is 11.9 Å². The van der Waals surface area contributed by atoms with Crippen molar-refractivity contribution in [3.05, 3.63) is 102 Å². The molecule has 0 fully saturated rings. The van der Waals surface area contributed by atoms with Crippen LogP contribution in [0.1, 0.15) is 41.4 Å². The van der Waals surface area contributed by atoms with Crippen molar-refractivity contribution in [1.29, 1.82) is 0 Å². The second-order valence-corrected chi connectivity index (χ2v) is 8.63. The summed E-state index contributed by atoms with van der Waals surface area (Å²) in [6, 6.07) is 16.7. The Hall–Kier alpha value is -4.59. The molecule has 0 aliphatic carbocycles. The van der Waals surface area contributed by atoms with Crippen LogP contribution in [0, 0.1) is 6.92 Å². The zero-order chi connectivity index (χ0) is 25.5. The van der Waals surface area contributed by atoms with Gasteiger partial charge in [-0.2, -0.15) is 5.10 Å². The van der Waals surface area contributed by atoms with Gasteiger partial charge in [0.15, 0.2) is 5.78 Å². The van der Waals surface area contributed by atoms with Crippen LogP contribution in [0.4, 0.5) is 11.6 Å². The third-order valence-corrected chi connectivity index (χ3v) is 5.50. The number of aromatic nitrogens is 4. The highest BCUT2D eigenvalue weighted by molar-refractivity contribution is 6.07. The van der Waals surface area contributed by atoms with Gasteiger partial charge in [-0.3, -0.25) is 14.3 Å². The maximum Gasteiger partial charge on any atom is 0.244 e. The molecule has 4 aromatic rings. The van der Waals surface area contributed by atoms with E-state index in [2.05, 4.69) is 39.5 Å². The normalized spacial score (nSPS) is 11.1. The van der Waals surface area contributed by atoms with Gasteiger partial charge >= 0.3 is 0 Å². The van der Waals surface area contributed by atoms with Crippen LogP contribution in [0.25, 0.3) is 11.3 Å². The number of ketones is 1. The summed E-state index contributed by atoms with van der Waals surface area (Å²) < 4.78 is 1.90. The first-order valence-electron chi connectivity index (χ1n) is 11.7. The monoisotopic (exact) mass is 480 g/mol. The molecule has 0 bridgehead atoms. The molecule has 8 heteroatoms. The summed E-state index contributed by atoms with van der Waals surface area (Å²) in [6.45, 7) is 6.47. The molecule has 182 valence electrons. The smallest absolute Gasteiger partial charge is 0.244 e. The number of aryl methyl sites for hydroxylation is 1. The van der Waals surface area contributed by atoms with Gasteiger partial charge in [-0.25, -0.2) is 9.97 Å². The minimum atomic E-state index is -0.331. The second kappa shape index (κ2) is 11.2. The molecule has 2 N–H and O–H groups in total. The Bertz CT molecular complexity index is 1370. The van der Waals surface area contributed by atoms with Gasteiger partial charge in [0.1, 0.15) is 0 Å². The Balaban J connectivity index is 1.33. The molecule has 0 unspecified atom stereocenters. The van der Waals surface area contributed by atoms with E-state index >= 15 is 0 Å². The largest absolute Gasteiger partial charge is 0.348 e. The molecule has 0 spiro atoms. The third kappa shape index (κ3) is 6.29. The predicted molar refractivity (Wildman–Crippen MR) is 140 cm³/mol. The topological polar surface area (TPSA) is 102 Å². The van der Waals surface area contributed by atoms with Crippen LogP contribution in [0.3, 0.4) is 0 Å². The molecule has 36 heavy (non-hydrogen) atoms. The third-order valence-electron chi connectivity index (χ3n) is 5.50. The number of anilines is 2. The zero-order valence-electron chi connectivity index (χ0n) is 20.5. The van der Waals surface area contributed by atoms with Gasteiger partial charge in [0.25, 0.3) is 0 Å². The summed E-state index contributed by atoms with van der Waals surface area (Å²) >= 11 is 0. The molecule has 4 rings (SSSR count). The van der Waals surface area contributed by atoms with Gasteiger partial charge < -0.3 is 10.6 Å². The van der Waals surface area contributed by atoms with E-state index in [1.807, 2.05) is 54.3 Å². The van der Waals surface area contributed by atoms with E-state index in [4.69, 9.17) is 0 Å². The summed E-state index contributed by atoms with van der Waals surface area (Å²) in [7, 11) is 0. The fourth-order valence-electron chi connectivity index (χ4n) is 3.47. The number of allylic oxidation sites excluding steroid dienone is 1. The van der Waals surface area contributed by atoms with Crippen molar-refractivity contribution in [3.8, 4) is 11.3 Å². The summed E-state index contributed by atoms with van der Waals surface area (Å²) in [5.74, 6) is -0.0542. The summed E-state index contributed by atoms with van der Waals surface area (Å²) in [5, 5.41) is 10.4. The predicted octanol–water partition coefficient (Wildman–Crippen LogP) is 5.03. The molecule has 0 saturated heterocycles. The molecule has 1 amide bonds. The number of nitrogens with zero attached hydrogens (tertiary/aromatic N) is 4. The van der Waals surface area contributed by atoms with Gasteiger partial charge in [-0.1, -0.05) is 42.5 Å². The Labute approximate surface area is 210 Å². The van der Waals surface area contributed by atoms with E-state index < -0.39 is 0 Å². The van der Waals surface area contributed by atoms with E-state index in [1.165, 1.54) is 12.2 Å². The van der Waals surface area contributed by atoms with Crippen LogP contribution >= 0.6 is 0 Å². The lowest BCUT2D eigenvalue weighted by Gasteiger charge is -2.09. The van der Waals surface area contributed by atoms with Crippen molar-refractivity contribution in [2.45, 2.75) is 33.4 Å². The van der Waals surface area contributed by atoms with Crippen LogP contribution in [0.15, 0.2) is 85.3 Å². The van der Waals surface area contributed by atoms with Crippen LogP contribution in [0.2, 0.25) is 0 Å². The van der Waals surface area contributed by atoms with Gasteiger partial charge in [0, 0.05) is 47.9 Å². The maximum atomic E-state index is 12.1. The average Bonchev–Trinajstić information content (AvgIpc) is 3.39. The Morgan fingerprint density at radius 3 is 2.44 bits per heavy atom. The molecule has 0 saturated carbocycles. The molecule has 2 aromatic heterocycles. The first-order chi connectivity index (χ1) is 17.4. The highest BCUT2D eigenvalue weighted by atomic mass is 16.1. The molecular weight excluding hydrogens is 452 g/mol. The lowest BCUT2D eigenvalue weighted by molar-refractivity contribution is -0.116. The van der Waals surface area contributed by atoms with Crippen molar-refractivity contribution in [2.24, 2.45) is 0 Å². The van der Waals surface area contributed by atoms with Crippen LogP contribution < -0.4 is 10.6 Å². The summed E-state index contributed by atoms with van der Waals surface area (Å²) in [5.41, 5.74) is 5.03. The Kier molecular flexibility index (Phi) is 7.65. The molecular formula is C28H28N6O2. The molecule has 0 aliphatic rings. The van der Waals surface area contributed by atoms with Crippen LogP contribution in [-0.4, -0.2) is 31.4 Å². The fourth-order valence-corrected chi connectivity index (χ4v) is 3.47. The molecule has 8 nitrogen and oxygen atoms in total. The second-order valence-electron chi connectivity index (χ2n) is 8.63. The number of amides is 1. The van der Waals surface area contributed by atoms with E-state index in [1.54, 1.807) is 30.5 Å². The fraction of sp³-hybridized carbons (Fsp3) is 0.179. The lowest BCUT2D eigenvalue weighted by atomic mass is 10.1. The Morgan fingerprint density at radius 2 is 1.75 bits per heavy atom. The zero-order valence-corrected chi connectivity index (χ0v) is 20.5. The number of carbonyl (C=O) groups is 2. The SMILES string of the molecule is Cc1cnc(Nc2ccc(CNC(=O)C=CC(=O)c3ccccc3)cc2)nc1-c1cnn(C(C)C)c1. The summed E-state index contributed by atoms with van der Waals surface area (Å²) in [6.07, 6.45) is 8.12. The first-order valence-corrected chi connectivity index (χ1v) is 11.7. The highest BCUT2D eigenvalue weighted by Crippen LogP contribution is 2.23. The van der Waals surface area contributed by atoms with Crippen molar-refractivity contribution in [2.75, 3.05) is 5.32 Å². The lowest BCUT2D eigenvalue weighted by Crippen LogP contribution is -2.20. The Morgan fingerprint density at radius 1 is 1.00 bits per heavy atom.